The van der Waals surface area contributed by atoms with Crippen LogP contribution in [0.25, 0.3) is 16.6 Å². The van der Waals surface area contributed by atoms with Crippen molar-refractivity contribution >= 4 is 75.4 Å². The largest absolute Gasteiger partial charge is 0.387 e. The second-order valence-corrected chi connectivity index (χ2v) is 23.1. The number of carbonyl (C=O) groups is 10. The molecule has 0 spiro atoms. The van der Waals surface area contributed by atoms with E-state index in [2.05, 4.69) is 26.3 Å². The van der Waals surface area contributed by atoms with Crippen molar-refractivity contribution in [3.05, 3.63) is 105 Å². The molecule has 22 nitrogen and oxygen atoms in total. The zero-order valence-corrected chi connectivity index (χ0v) is 47.3. The Morgan fingerprint density at radius 3 is 2.43 bits per heavy atom. The number of likely N-dealkylation sites (tertiary alicyclic amines) is 1. The SMILES string of the molecule is CC[C@@]1(O)C(=O)OC(=O)C2=C1C=C1c3nc4cc(F)c(C)c5c4c(c3CN1C2)[C@@H](CC(=O)COCNC(=O)CCC(=O)[C@H](Cc1ccccc1)NC(=O)CCC(=O)Cn1cc(CNC(=O)C2CCC(CN3C(=O)CC(C)C3=O)CC2)nn1)CC5. The van der Waals surface area contributed by atoms with Crippen molar-refractivity contribution in [2.75, 3.05) is 26.4 Å². The van der Waals surface area contributed by atoms with Crippen LogP contribution in [0.15, 0.2) is 59.8 Å². The summed E-state index contributed by atoms with van der Waals surface area (Å²) in [6.45, 7) is 5.09. The van der Waals surface area contributed by atoms with Crippen LogP contribution in [-0.4, -0.2) is 132 Å². The first-order valence-electron chi connectivity index (χ1n) is 28.9. The smallest absolute Gasteiger partial charge is 0.350 e. The van der Waals surface area contributed by atoms with E-state index in [0.29, 0.717) is 66.9 Å². The lowest BCUT2D eigenvalue weighted by molar-refractivity contribution is -0.172. The maximum atomic E-state index is 15.4. The number of ether oxygens (including phenoxy) is 2. The zero-order chi connectivity index (χ0) is 59.6. The van der Waals surface area contributed by atoms with Crippen LogP contribution in [0.4, 0.5) is 4.39 Å². The minimum Gasteiger partial charge on any atom is -0.387 e. The Kier molecular flexibility index (Phi) is 17.5. The number of hydrogen-bond donors (Lipinski definition) is 4. The topological polar surface area (TPSA) is 296 Å². The predicted molar refractivity (Wildman–Crippen MR) is 296 cm³/mol. The average molecular weight is 1150 g/mol. The average Bonchev–Trinajstić information content (AvgIpc) is 1.51. The van der Waals surface area contributed by atoms with Crippen LogP contribution in [0.5, 0.6) is 0 Å². The van der Waals surface area contributed by atoms with Gasteiger partial charge in [-0.3, -0.25) is 43.3 Å². The molecule has 2 aromatic heterocycles. The van der Waals surface area contributed by atoms with E-state index in [1.807, 2.05) is 11.0 Å². The van der Waals surface area contributed by atoms with E-state index in [0.717, 1.165) is 40.5 Å². The van der Waals surface area contributed by atoms with Crippen LogP contribution >= 0.6 is 0 Å². The van der Waals surface area contributed by atoms with Gasteiger partial charge in [-0.25, -0.2) is 23.6 Å². The molecule has 2 aliphatic carbocycles. The van der Waals surface area contributed by atoms with Crippen molar-refractivity contribution in [1.82, 2.24) is 45.7 Å². The summed E-state index contributed by atoms with van der Waals surface area (Å²) in [5, 5.41) is 28.5. The summed E-state index contributed by atoms with van der Waals surface area (Å²) in [6.07, 6.45) is 6.45. The Hall–Kier alpha value is -8.18. The number of ketones is 3. The minimum absolute atomic E-state index is 0.0362. The van der Waals surface area contributed by atoms with Gasteiger partial charge in [0.2, 0.25) is 29.5 Å². The molecule has 1 unspecified atom stereocenters. The summed E-state index contributed by atoms with van der Waals surface area (Å²) >= 11 is 0. The summed E-state index contributed by atoms with van der Waals surface area (Å²) in [6, 6.07) is 9.40. The second-order valence-electron chi connectivity index (χ2n) is 23.1. The molecular weight excluding hydrogens is 1090 g/mol. The van der Waals surface area contributed by atoms with E-state index < -0.39 is 47.0 Å². The minimum atomic E-state index is -2.04. The van der Waals surface area contributed by atoms with Gasteiger partial charge < -0.3 is 35.4 Å². The molecule has 0 bridgehead atoms. The summed E-state index contributed by atoms with van der Waals surface area (Å²) in [4.78, 5) is 138. The van der Waals surface area contributed by atoms with Gasteiger partial charge in [0, 0.05) is 86.0 Å². The fraction of sp³-hybridized carbons (Fsp3) is 0.492. The third-order valence-electron chi connectivity index (χ3n) is 17.4. The molecule has 1 saturated heterocycles. The van der Waals surface area contributed by atoms with Gasteiger partial charge in [-0.1, -0.05) is 49.4 Å². The monoisotopic (exact) mass is 1150 g/mol. The van der Waals surface area contributed by atoms with Gasteiger partial charge in [0.05, 0.1) is 47.8 Å². The van der Waals surface area contributed by atoms with Gasteiger partial charge in [-0.15, -0.1) is 5.10 Å². The Labute approximate surface area is 483 Å². The van der Waals surface area contributed by atoms with Crippen molar-refractivity contribution in [3.63, 3.8) is 0 Å². The lowest BCUT2D eigenvalue weighted by Crippen LogP contribution is -2.49. The van der Waals surface area contributed by atoms with Crippen LogP contribution in [0, 0.1) is 30.5 Å². The summed E-state index contributed by atoms with van der Waals surface area (Å²) in [7, 11) is 0. The van der Waals surface area contributed by atoms with Gasteiger partial charge in [0.1, 0.15) is 31.4 Å². The number of amides is 5. The molecule has 1 saturated carbocycles. The maximum absolute atomic E-state index is 15.4. The number of carbonyl (C=O) groups excluding carboxylic acids is 10. The molecule has 6 aliphatic rings. The number of aromatic nitrogens is 4. The lowest BCUT2D eigenvalue weighted by Gasteiger charge is -2.36. The number of esters is 2. The van der Waals surface area contributed by atoms with Gasteiger partial charge in [0.25, 0.3) is 0 Å². The quantitative estimate of drug-likeness (QED) is 0.0254. The number of imide groups is 1. The predicted octanol–water partition coefficient (Wildman–Crippen LogP) is 3.99. The van der Waals surface area contributed by atoms with Crippen molar-refractivity contribution < 1.29 is 66.9 Å². The van der Waals surface area contributed by atoms with Gasteiger partial charge in [-0.2, -0.15) is 0 Å². The number of halogens is 1. The molecule has 442 valence electrons. The third-order valence-corrected chi connectivity index (χ3v) is 17.4. The Morgan fingerprint density at radius 2 is 1.69 bits per heavy atom. The highest BCUT2D eigenvalue weighted by atomic mass is 19.1. The molecular formula is C61H68FN9O13. The number of Topliss-reactive ketones (excluding diaryl/α,β-unsaturated/α-hetero) is 3. The maximum Gasteiger partial charge on any atom is 0.350 e. The number of aryl methyl sites for hydroxylation is 1. The molecule has 4 aromatic rings. The molecule has 0 radical (unpaired) electrons. The van der Waals surface area contributed by atoms with Crippen LogP contribution in [0.2, 0.25) is 0 Å². The van der Waals surface area contributed by atoms with Gasteiger partial charge in [0.15, 0.2) is 23.0 Å². The van der Waals surface area contributed by atoms with E-state index in [9.17, 15) is 53.1 Å². The second kappa shape index (κ2) is 25.0. The van der Waals surface area contributed by atoms with Crippen LogP contribution < -0.4 is 16.0 Å². The highest BCUT2D eigenvalue weighted by molar-refractivity contribution is 6.08. The van der Waals surface area contributed by atoms with E-state index in [4.69, 9.17) is 14.5 Å². The Balaban J connectivity index is 0.668. The number of fused-ring (bicyclic) bond motifs is 4. The first-order chi connectivity index (χ1) is 40.3. The number of rotatable bonds is 24. The van der Waals surface area contributed by atoms with Crippen molar-refractivity contribution in [2.45, 2.75) is 148 Å². The van der Waals surface area contributed by atoms with E-state index in [1.165, 1.54) is 15.6 Å². The third kappa shape index (κ3) is 12.5. The molecule has 23 heteroatoms. The molecule has 2 aromatic carbocycles. The number of benzene rings is 2. The number of nitrogens with one attached hydrogen (secondary N) is 3. The summed E-state index contributed by atoms with van der Waals surface area (Å²) in [5.41, 5.74) is 3.89. The molecule has 84 heavy (non-hydrogen) atoms. The number of hydrogen-bond acceptors (Lipinski definition) is 17. The molecule has 2 fully saturated rings. The highest BCUT2D eigenvalue weighted by Crippen LogP contribution is 2.49. The first kappa shape index (κ1) is 59.0. The Bertz CT molecular complexity index is 3440. The first-order valence-corrected chi connectivity index (χ1v) is 28.9. The van der Waals surface area contributed by atoms with Crippen molar-refractivity contribution in [1.29, 1.82) is 0 Å². The van der Waals surface area contributed by atoms with Crippen molar-refractivity contribution in [3.8, 4) is 0 Å². The standard InChI is InChI=1S/C61H68FN9O13/c1-4-61(82)45-23-49-56-44(30-69(49)29-43(45)59(80)84-60(61)81)54-38(14-16-42-34(3)46(62)24-48(66-56)55(42)54)22-41(73)31-83-32-64-51(75)19-17-50(74)47(21-35-8-6-5-7-9-35)65-52(76)18-15-40(72)28-70-27-39(67-68-70)25-63-57(78)37-12-10-36(11-13-37)26-71-53(77)20-33(2)58(71)79/h5-9,23-24,27,33,36-38,47,82H,4,10-22,25-26,28-32H2,1-3H3,(H,63,78)(H,64,75)(H,65,76)/t33?,36?,37?,38-,47+,61+/m1/s1. The Morgan fingerprint density at radius 1 is 0.929 bits per heavy atom. The van der Waals surface area contributed by atoms with Gasteiger partial charge in [-0.05, 0) is 98.5 Å². The van der Waals surface area contributed by atoms with E-state index in [1.54, 1.807) is 57.3 Å². The molecule has 4 aliphatic heterocycles. The number of aliphatic hydroxyl groups is 1. The molecule has 6 heterocycles. The number of nitrogens with zero attached hydrogens (tertiary/aromatic N) is 6. The number of pyridine rings is 1. The van der Waals surface area contributed by atoms with Gasteiger partial charge >= 0.3 is 11.9 Å². The van der Waals surface area contributed by atoms with Crippen LogP contribution in [0.1, 0.15) is 136 Å². The van der Waals surface area contributed by atoms with Crippen LogP contribution in [-0.2, 0) is 89.9 Å². The fourth-order valence-electron chi connectivity index (χ4n) is 12.6. The van der Waals surface area contributed by atoms with Crippen molar-refractivity contribution in [2.24, 2.45) is 17.8 Å². The fourth-order valence-corrected chi connectivity index (χ4v) is 12.6. The zero-order valence-electron chi connectivity index (χ0n) is 47.3. The molecule has 4 N–H and O–H groups in total. The molecule has 5 amide bonds. The van der Waals surface area contributed by atoms with E-state index >= 15 is 4.39 Å². The van der Waals surface area contributed by atoms with Crippen LogP contribution in [0.3, 0.4) is 0 Å². The highest BCUT2D eigenvalue weighted by Gasteiger charge is 2.51. The number of cyclic esters (lactones) is 2. The molecule has 10 rings (SSSR count). The normalized spacial score (nSPS) is 22.0. The molecule has 4 atom stereocenters. The summed E-state index contributed by atoms with van der Waals surface area (Å²) < 4.78 is 27.3. The summed E-state index contributed by atoms with van der Waals surface area (Å²) in [5.74, 6) is -5.39. The lowest BCUT2D eigenvalue weighted by atomic mass is 9.76. The van der Waals surface area contributed by atoms with E-state index in [-0.39, 0.29) is 148 Å².